The maximum atomic E-state index is 11.5. The van der Waals surface area contributed by atoms with Gasteiger partial charge in [0.15, 0.2) is 0 Å². The van der Waals surface area contributed by atoms with E-state index in [0.29, 0.717) is 43.4 Å². The van der Waals surface area contributed by atoms with Crippen molar-refractivity contribution in [3.63, 3.8) is 0 Å². The molecule has 7 heteroatoms. The Bertz CT molecular complexity index is 632. The zero-order valence-corrected chi connectivity index (χ0v) is 25.5. The van der Waals surface area contributed by atoms with Crippen LogP contribution in [-0.2, 0) is 14.4 Å². The summed E-state index contributed by atoms with van der Waals surface area (Å²) in [5, 5.41) is 28.2. The molecular formula is C32H60NO6+. The van der Waals surface area contributed by atoms with Gasteiger partial charge in [-0.3, -0.25) is 14.4 Å². The summed E-state index contributed by atoms with van der Waals surface area (Å²) in [5.74, 6) is -3.94. The number of nitrogens with zero attached hydrogens (tertiary/aromatic N) is 1. The Kier molecular flexibility index (Phi) is 21.8. The third kappa shape index (κ3) is 19.8. The fraction of sp³-hybridized carbons (Fsp3) is 0.844. The van der Waals surface area contributed by atoms with Gasteiger partial charge < -0.3 is 19.8 Å². The topological polar surface area (TPSA) is 112 Å². The van der Waals surface area contributed by atoms with Gasteiger partial charge in [-0.25, -0.2) is 0 Å². The Hall–Kier alpha value is -1.89. The van der Waals surface area contributed by atoms with Gasteiger partial charge in [-0.2, -0.15) is 0 Å². The molecule has 0 aliphatic carbocycles. The van der Waals surface area contributed by atoms with E-state index in [0.717, 1.165) is 38.6 Å². The molecule has 0 saturated carbocycles. The smallest absolute Gasteiger partial charge is 0.306 e. The van der Waals surface area contributed by atoms with Crippen LogP contribution in [-0.4, -0.2) is 63.9 Å². The maximum absolute atomic E-state index is 11.5. The molecule has 0 radical (unpaired) electrons. The highest BCUT2D eigenvalue weighted by atomic mass is 16.4. The van der Waals surface area contributed by atoms with Gasteiger partial charge >= 0.3 is 17.9 Å². The highest BCUT2D eigenvalue weighted by Gasteiger charge is 2.31. The van der Waals surface area contributed by atoms with Crippen LogP contribution in [0.25, 0.3) is 0 Å². The molecule has 0 heterocycles. The number of aliphatic carboxylic acids is 3. The van der Waals surface area contributed by atoms with Crippen LogP contribution in [0, 0.1) is 17.8 Å². The molecule has 0 aliphatic rings. The summed E-state index contributed by atoms with van der Waals surface area (Å²) in [6, 6.07) is 0. The molecule has 0 aromatic rings. The van der Waals surface area contributed by atoms with Crippen LogP contribution >= 0.6 is 0 Å². The van der Waals surface area contributed by atoms with Gasteiger partial charge in [0.25, 0.3) is 0 Å². The predicted octanol–water partition coefficient (Wildman–Crippen LogP) is 7.78. The number of carbonyl (C=O) groups is 3. The number of allylic oxidation sites excluding steroid dienone is 2. The lowest BCUT2D eigenvalue weighted by Gasteiger charge is -2.40. The molecule has 39 heavy (non-hydrogen) atoms. The SMILES string of the molecule is CCCCCCCCCC/C=C/CCCCC[N+](CCC(C)C(=O)O)(CCC(C)C(=O)O)CCC(C)C(=O)O. The van der Waals surface area contributed by atoms with E-state index in [1.54, 1.807) is 20.8 Å². The van der Waals surface area contributed by atoms with E-state index in [1.165, 1.54) is 51.4 Å². The van der Waals surface area contributed by atoms with Crippen molar-refractivity contribution < 1.29 is 34.2 Å². The average molecular weight is 555 g/mol. The largest absolute Gasteiger partial charge is 0.481 e. The van der Waals surface area contributed by atoms with Crippen molar-refractivity contribution in [3.8, 4) is 0 Å². The van der Waals surface area contributed by atoms with Crippen LogP contribution in [0.2, 0.25) is 0 Å². The lowest BCUT2D eigenvalue weighted by atomic mass is 10.0. The molecular weight excluding hydrogens is 494 g/mol. The summed E-state index contributed by atoms with van der Waals surface area (Å²) in [6.45, 7) is 10.1. The molecule has 0 spiro atoms. The highest BCUT2D eigenvalue weighted by Crippen LogP contribution is 2.21. The van der Waals surface area contributed by atoms with Crippen LogP contribution in [0.3, 0.4) is 0 Å². The maximum Gasteiger partial charge on any atom is 0.306 e. The number of hydrogen-bond donors (Lipinski definition) is 3. The molecule has 3 unspecified atom stereocenters. The number of carboxylic acids is 3. The van der Waals surface area contributed by atoms with Gasteiger partial charge in [0, 0.05) is 19.3 Å². The summed E-state index contributed by atoms with van der Waals surface area (Å²) in [7, 11) is 0. The lowest BCUT2D eigenvalue weighted by molar-refractivity contribution is -0.929. The third-order valence-corrected chi connectivity index (χ3v) is 8.27. The molecule has 0 amide bonds. The number of hydrogen-bond acceptors (Lipinski definition) is 3. The summed E-state index contributed by atoms with van der Waals surface area (Å²) < 4.78 is 0.598. The van der Waals surface area contributed by atoms with Crippen molar-refractivity contribution in [2.45, 2.75) is 130 Å². The zero-order chi connectivity index (χ0) is 29.5. The van der Waals surface area contributed by atoms with Gasteiger partial charge in [-0.15, -0.1) is 0 Å². The van der Waals surface area contributed by atoms with Crippen LogP contribution < -0.4 is 0 Å². The van der Waals surface area contributed by atoms with E-state index in [-0.39, 0.29) is 0 Å². The van der Waals surface area contributed by atoms with Crippen LogP contribution in [0.4, 0.5) is 0 Å². The van der Waals surface area contributed by atoms with Gasteiger partial charge in [-0.05, 0) is 38.5 Å². The van der Waals surface area contributed by atoms with Crippen LogP contribution in [0.5, 0.6) is 0 Å². The fourth-order valence-electron chi connectivity index (χ4n) is 4.96. The van der Waals surface area contributed by atoms with Crippen molar-refractivity contribution in [2.24, 2.45) is 17.8 Å². The average Bonchev–Trinajstić information content (AvgIpc) is 2.90. The number of carboxylic acid groups (broad SMARTS) is 3. The van der Waals surface area contributed by atoms with Crippen molar-refractivity contribution in [2.75, 3.05) is 26.2 Å². The van der Waals surface area contributed by atoms with E-state index >= 15 is 0 Å². The first kappa shape index (κ1) is 37.1. The van der Waals surface area contributed by atoms with Crippen molar-refractivity contribution in [1.82, 2.24) is 0 Å². The highest BCUT2D eigenvalue weighted by molar-refractivity contribution is 5.70. The summed E-state index contributed by atoms with van der Waals surface area (Å²) in [6.07, 6.45) is 22.1. The summed E-state index contributed by atoms with van der Waals surface area (Å²) >= 11 is 0. The minimum atomic E-state index is -0.829. The second-order valence-corrected chi connectivity index (χ2v) is 11.9. The Balaban J connectivity index is 4.77. The van der Waals surface area contributed by atoms with E-state index in [2.05, 4.69) is 19.1 Å². The second kappa shape index (κ2) is 22.9. The first-order valence-electron chi connectivity index (χ1n) is 15.7. The summed E-state index contributed by atoms with van der Waals surface area (Å²) in [5.41, 5.74) is 0. The standard InChI is InChI=1S/C32H59NO6/c1-5-6-7-8-9-10-11-12-13-14-15-16-17-18-19-23-33(24-20-27(2)30(34)35,25-21-28(3)31(36)37)26-22-29(4)32(38)39/h14-15,27-29H,5-13,16-26H2,1-4H3,(H2-,34,35,36,37,38,39)/p+1/b15-14+. The minimum Gasteiger partial charge on any atom is -0.481 e. The van der Waals surface area contributed by atoms with Gasteiger partial charge in [0.2, 0.25) is 0 Å². The van der Waals surface area contributed by atoms with Gasteiger partial charge in [0.05, 0.1) is 43.9 Å². The molecule has 0 saturated heterocycles. The Morgan fingerprint density at radius 2 is 0.872 bits per heavy atom. The molecule has 3 atom stereocenters. The third-order valence-electron chi connectivity index (χ3n) is 8.27. The molecule has 228 valence electrons. The quantitative estimate of drug-likeness (QED) is 0.0543. The van der Waals surface area contributed by atoms with Crippen molar-refractivity contribution in [1.29, 1.82) is 0 Å². The monoisotopic (exact) mass is 554 g/mol. The first-order valence-corrected chi connectivity index (χ1v) is 15.7. The van der Waals surface area contributed by atoms with Crippen LogP contribution in [0.15, 0.2) is 12.2 Å². The molecule has 7 nitrogen and oxygen atoms in total. The van der Waals surface area contributed by atoms with E-state index < -0.39 is 35.7 Å². The lowest BCUT2D eigenvalue weighted by Crippen LogP contribution is -2.52. The number of quaternary nitrogens is 1. The molecule has 0 aliphatic heterocycles. The molecule has 0 bridgehead atoms. The normalized spacial score (nSPS) is 15.6. The Labute approximate surface area is 238 Å². The minimum absolute atomic E-state index is 0.484. The molecule has 0 aromatic carbocycles. The molecule has 0 fully saturated rings. The number of unbranched alkanes of at least 4 members (excludes halogenated alkanes) is 11. The Morgan fingerprint density at radius 3 is 1.23 bits per heavy atom. The van der Waals surface area contributed by atoms with E-state index in [4.69, 9.17) is 0 Å². The summed E-state index contributed by atoms with van der Waals surface area (Å²) in [4.78, 5) is 34.4. The van der Waals surface area contributed by atoms with E-state index in [1.807, 2.05) is 0 Å². The molecule has 3 N–H and O–H groups in total. The van der Waals surface area contributed by atoms with Crippen molar-refractivity contribution >= 4 is 17.9 Å². The Morgan fingerprint density at radius 1 is 0.538 bits per heavy atom. The molecule has 0 rings (SSSR count). The molecule has 0 aromatic heterocycles. The first-order chi connectivity index (χ1) is 18.5. The fourth-order valence-corrected chi connectivity index (χ4v) is 4.96. The number of rotatable bonds is 27. The van der Waals surface area contributed by atoms with Crippen molar-refractivity contribution in [3.05, 3.63) is 12.2 Å². The predicted molar refractivity (Wildman–Crippen MR) is 159 cm³/mol. The second-order valence-electron chi connectivity index (χ2n) is 11.9. The van der Waals surface area contributed by atoms with Gasteiger partial charge in [0.1, 0.15) is 0 Å². The van der Waals surface area contributed by atoms with Gasteiger partial charge in [-0.1, -0.05) is 84.8 Å². The zero-order valence-electron chi connectivity index (χ0n) is 25.5. The van der Waals surface area contributed by atoms with Crippen LogP contribution in [0.1, 0.15) is 130 Å². The van der Waals surface area contributed by atoms with E-state index in [9.17, 15) is 29.7 Å².